The number of carbonyl (C=O) groups is 1. The van der Waals surface area contributed by atoms with Crippen molar-refractivity contribution in [3.63, 3.8) is 0 Å². The molecule has 0 aliphatic carbocycles. The number of benzene rings is 1. The molecule has 5 heteroatoms. The zero-order valence-electron chi connectivity index (χ0n) is 16.2. The fourth-order valence-electron chi connectivity index (χ4n) is 5.29. The van der Waals surface area contributed by atoms with Gasteiger partial charge in [0.1, 0.15) is 5.75 Å². The van der Waals surface area contributed by atoms with Crippen LogP contribution in [-0.2, 0) is 4.79 Å². The SMILES string of the molecule is COc1ccc([C@H]2[C@@H]3CN(C4CCN(C)CC4)C[C@@H]3CN2C(C)=O)cc1. The molecule has 3 saturated heterocycles. The molecular weight excluding hydrogens is 326 g/mol. The van der Waals surface area contributed by atoms with Crippen LogP contribution < -0.4 is 4.74 Å². The monoisotopic (exact) mass is 357 g/mol. The maximum atomic E-state index is 12.3. The van der Waals surface area contributed by atoms with Gasteiger partial charge in [-0.15, -0.1) is 0 Å². The number of methoxy groups -OCH3 is 1. The number of nitrogens with zero attached hydrogens (tertiary/aromatic N) is 3. The Morgan fingerprint density at radius 1 is 1.08 bits per heavy atom. The van der Waals surface area contributed by atoms with Crippen molar-refractivity contribution in [3.05, 3.63) is 29.8 Å². The summed E-state index contributed by atoms with van der Waals surface area (Å²) in [6.45, 7) is 7.30. The zero-order chi connectivity index (χ0) is 18.3. The number of piperidine rings is 1. The van der Waals surface area contributed by atoms with Crippen molar-refractivity contribution in [2.45, 2.75) is 31.8 Å². The van der Waals surface area contributed by atoms with Crippen LogP contribution in [0.25, 0.3) is 0 Å². The molecule has 1 aromatic rings. The molecule has 3 fully saturated rings. The minimum Gasteiger partial charge on any atom is -0.497 e. The van der Waals surface area contributed by atoms with Crippen LogP contribution in [-0.4, -0.2) is 73.5 Å². The summed E-state index contributed by atoms with van der Waals surface area (Å²) in [5.74, 6) is 2.22. The maximum absolute atomic E-state index is 12.3. The number of hydrogen-bond acceptors (Lipinski definition) is 4. The first-order valence-corrected chi connectivity index (χ1v) is 9.90. The minimum atomic E-state index is 0.200. The zero-order valence-corrected chi connectivity index (χ0v) is 16.2. The predicted octanol–water partition coefficient (Wildman–Crippen LogP) is 2.24. The number of carbonyl (C=O) groups excluding carboxylic acids is 1. The van der Waals surface area contributed by atoms with Gasteiger partial charge in [-0.3, -0.25) is 9.69 Å². The molecule has 0 N–H and O–H groups in total. The van der Waals surface area contributed by atoms with Crippen LogP contribution in [0.15, 0.2) is 24.3 Å². The highest BCUT2D eigenvalue weighted by atomic mass is 16.5. The van der Waals surface area contributed by atoms with E-state index in [0.29, 0.717) is 11.8 Å². The van der Waals surface area contributed by atoms with Crippen molar-refractivity contribution in [2.24, 2.45) is 11.8 Å². The second-order valence-electron chi connectivity index (χ2n) is 8.30. The Morgan fingerprint density at radius 2 is 1.77 bits per heavy atom. The van der Waals surface area contributed by atoms with Crippen LogP contribution in [0, 0.1) is 11.8 Å². The van der Waals surface area contributed by atoms with Crippen molar-refractivity contribution in [2.75, 3.05) is 46.9 Å². The highest BCUT2D eigenvalue weighted by Gasteiger charge is 2.49. The van der Waals surface area contributed by atoms with E-state index in [2.05, 4.69) is 33.9 Å². The molecule has 0 saturated carbocycles. The molecule has 0 radical (unpaired) electrons. The highest BCUT2D eigenvalue weighted by molar-refractivity contribution is 5.74. The van der Waals surface area contributed by atoms with Crippen molar-refractivity contribution in [1.29, 1.82) is 0 Å². The average Bonchev–Trinajstić information content (AvgIpc) is 3.20. The number of likely N-dealkylation sites (tertiary alicyclic amines) is 3. The van der Waals surface area contributed by atoms with Gasteiger partial charge in [0, 0.05) is 38.5 Å². The molecule has 0 unspecified atom stereocenters. The molecule has 3 aliphatic heterocycles. The lowest BCUT2D eigenvalue weighted by molar-refractivity contribution is -0.130. The summed E-state index contributed by atoms with van der Waals surface area (Å²) in [7, 11) is 3.91. The van der Waals surface area contributed by atoms with Gasteiger partial charge in [-0.25, -0.2) is 0 Å². The fourth-order valence-corrected chi connectivity index (χ4v) is 5.29. The van der Waals surface area contributed by atoms with Crippen molar-refractivity contribution < 1.29 is 9.53 Å². The first kappa shape index (κ1) is 17.8. The van der Waals surface area contributed by atoms with Crippen LogP contribution in [0.5, 0.6) is 5.75 Å². The lowest BCUT2D eigenvalue weighted by atomic mass is 9.89. The van der Waals surface area contributed by atoms with Crippen molar-refractivity contribution >= 4 is 5.91 Å². The summed E-state index contributed by atoms with van der Waals surface area (Å²) in [5.41, 5.74) is 1.25. The predicted molar refractivity (Wildman–Crippen MR) is 102 cm³/mol. The smallest absolute Gasteiger partial charge is 0.219 e. The first-order chi connectivity index (χ1) is 12.6. The molecule has 3 heterocycles. The number of ether oxygens (including phenoxy) is 1. The molecule has 0 spiro atoms. The number of hydrogen-bond donors (Lipinski definition) is 0. The van der Waals surface area contributed by atoms with Crippen LogP contribution in [0.4, 0.5) is 0 Å². The molecule has 3 aliphatic rings. The summed E-state index contributed by atoms with van der Waals surface area (Å²) in [6, 6.07) is 9.24. The van der Waals surface area contributed by atoms with Gasteiger partial charge in [0.05, 0.1) is 13.2 Å². The Morgan fingerprint density at radius 3 is 2.38 bits per heavy atom. The van der Waals surface area contributed by atoms with E-state index in [1.54, 1.807) is 14.0 Å². The van der Waals surface area contributed by atoms with Gasteiger partial charge < -0.3 is 14.5 Å². The van der Waals surface area contributed by atoms with Gasteiger partial charge in [-0.2, -0.15) is 0 Å². The summed E-state index contributed by atoms with van der Waals surface area (Å²) in [5, 5.41) is 0. The standard InChI is InChI=1S/C21H31N3O2/c1-15(25)24-13-17-12-23(18-8-10-22(2)11-9-18)14-20(17)21(24)16-4-6-19(26-3)7-5-16/h4-7,17-18,20-21H,8-14H2,1-3H3/t17-,20-,21+/m1/s1. The lowest BCUT2D eigenvalue weighted by Crippen LogP contribution is -2.44. The van der Waals surface area contributed by atoms with Crippen LogP contribution in [0.2, 0.25) is 0 Å². The molecule has 4 rings (SSSR count). The minimum absolute atomic E-state index is 0.200. The average molecular weight is 357 g/mol. The van der Waals surface area contributed by atoms with Crippen LogP contribution >= 0.6 is 0 Å². The van der Waals surface area contributed by atoms with Gasteiger partial charge in [0.25, 0.3) is 0 Å². The van der Waals surface area contributed by atoms with E-state index in [4.69, 9.17) is 4.74 Å². The number of fused-ring (bicyclic) bond motifs is 1. The van der Waals surface area contributed by atoms with E-state index in [1.807, 2.05) is 12.1 Å². The van der Waals surface area contributed by atoms with Gasteiger partial charge >= 0.3 is 0 Å². The number of rotatable bonds is 3. The molecule has 26 heavy (non-hydrogen) atoms. The second kappa shape index (κ2) is 7.20. The summed E-state index contributed by atoms with van der Waals surface area (Å²) in [6.07, 6.45) is 2.55. The highest BCUT2D eigenvalue weighted by Crippen LogP contribution is 2.46. The molecule has 3 atom stereocenters. The fraction of sp³-hybridized carbons (Fsp3) is 0.667. The molecule has 5 nitrogen and oxygen atoms in total. The van der Waals surface area contributed by atoms with E-state index < -0.39 is 0 Å². The topological polar surface area (TPSA) is 36.0 Å². The molecule has 0 aromatic heterocycles. The Labute approximate surface area is 156 Å². The molecular formula is C21H31N3O2. The second-order valence-corrected chi connectivity index (χ2v) is 8.30. The quantitative estimate of drug-likeness (QED) is 0.831. The Hall–Kier alpha value is -1.59. The summed E-state index contributed by atoms with van der Waals surface area (Å²) in [4.78, 5) is 19.5. The molecule has 0 bridgehead atoms. The Balaban J connectivity index is 1.52. The molecule has 1 aromatic carbocycles. The third-order valence-corrected chi connectivity index (χ3v) is 6.76. The van der Waals surface area contributed by atoms with Crippen molar-refractivity contribution in [1.82, 2.24) is 14.7 Å². The van der Waals surface area contributed by atoms with E-state index >= 15 is 0 Å². The largest absolute Gasteiger partial charge is 0.497 e. The Bertz CT molecular complexity index is 639. The maximum Gasteiger partial charge on any atom is 0.219 e. The lowest BCUT2D eigenvalue weighted by Gasteiger charge is -2.36. The number of amides is 1. The van der Waals surface area contributed by atoms with Gasteiger partial charge in [0.15, 0.2) is 0 Å². The van der Waals surface area contributed by atoms with E-state index in [1.165, 1.54) is 31.5 Å². The third-order valence-electron chi connectivity index (χ3n) is 6.76. The third kappa shape index (κ3) is 3.23. The van der Waals surface area contributed by atoms with Gasteiger partial charge in [-0.05, 0) is 56.6 Å². The Kier molecular flexibility index (Phi) is 4.93. The first-order valence-electron chi connectivity index (χ1n) is 9.90. The summed E-state index contributed by atoms with van der Waals surface area (Å²) < 4.78 is 5.31. The normalized spacial score (nSPS) is 30.6. The van der Waals surface area contributed by atoms with E-state index in [-0.39, 0.29) is 11.9 Å². The van der Waals surface area contributed by atoms with Crippen molar-refractivity contribution in [3.8, 4) is 5.75 Å². The molecule has 142 valence electrons. The van der Waals surface area contributed by atoms with E-state index in [9.17, 15) is 4.79 Å². The molecule has 1 amide bonds. The van der Waals surface area contributed by atoms with Gasteiger partial charge in [-0.1, -0.05) is 12.1 Å². The van der Waals surface area contributed by atoms with E-state index in [0.717, 1.165) is 31.4 Å². The van der Waals surface area contributed by atoms with Gasteiger partial charge in [0.2, 0.25) is 5.91 Å². The van der Waals surface area contributed by atoms with Crippen LogP contribution in [0.1, 0.15) is 31.4 Å². The summed E-state index contributed by atoms with van der Waals surface area (Å²) >= 11 is 0. The van der Waals surface area contributed by atoms with Crippen LogP contribution in [0.3, 0.4) is 0 Å².